The third kappa shape index (κ3) is 3.66. The number of anilines is 1. The summed E-state index contributed by atoms with van der Waals surface area (Å²) in [4.78, 5) is 38.8. The van der Waals surface area contributed by atoms with E-state index < -0.39 is 17.4 Å². The number of aromatic amines is 1. The summed E-state index contributed by atoms with van der Waals surface area (Å²) in [5.74, 6) is -1.17. The van der Waals surface area contributed by atoms with E-state index in [1.807, 2.05) is 13.0 Å². The van der Waals surface area contributed by atoms with Gasteiger partial charge in [-0.15, -0.1) is 0 Å². The molecule has 0 spiro atoms. The van der Waals surface area contributed by atoms with Crippen LogP contribution < -0.4 is 10.9 Å². The third-order valence-electron chi connectivity index (χ3n) is 3.40. The molecule has 1 amide bonds. The smallest absolute Gasteiger partial charge is 0.339 e. The molecule has 0 saturated carbocycles. The van der Waals surface area contributed by atoms with Crippen LogP contribution >= 0.6 is 0 Å². The number of ether oxygens (including phenoxy) is 1. The van der Waals surface area contributed by atoms with Crippen molar-refractivity contribution in [3.63, 3.8) is 0 Å². The molecule has 23 heavy (non-hydrogen) atoms. The van der Waals surface area contributed by atoms with Gasteiger partial charge >= 0.3 is 5.97 Å². The summed E-state index contributed by atoms with van der Waals surface area (Å²) in [6, 6.07) is 8.48. The minimum atomic E-state index is -0.595. The van der Waals surface area contributed by atoms with Crippen LogP contribution in [0.1, 0.15) is 38.9 Å². The fourth-order valence-corrected chi connectivity index (χ4v) is 2.23. The second kappa shape index (κ2) is 6.91. The Kier molecular flexibility index (Phi) is 4.95. The Bertz CT molecular complexity index is 808. The molecule has 1 aromatic carbocycles. The van der Waals surface area contributed by atoms with E-state index in [1.165, 1.54) is 13.2 Å². The maximum atomic E-state index is 12.3. The molecule has 0 unspecified atom stereocenters. The molecule has 120 valence electrons. The Hall–Kier alpha value is -2.89. The van der Waals surface area contributed by atoms with Gasteiger partial charge in [-0.2, -0.15) is 0 Å². The number of benzene rings is 1. The van der Waals surface area contributed by atoms with Gasteiger partial charge in [-0.3, -0.25) is 9.59 Å². The molecule has 0 aliphatic heterocycles. The minimum Gasteiger partial charge on any atom is -0.465 e. The Labute approximate surface area is 133 Å². The van der Waals surface area contributed by atoms with Crippen molar-refractivity contribution < 1.29 is 14.3 Å². The number of pyridine rings is 1. The predicted octanol–water partition coefficient (Wildman–Crippen LogP) is 2.28. The first-order valence-corrected chi connectivity index (χ1v) is 7.18. The van der Waals surface area contributed by atoms with Crippen molar-refractivity contribution >= 4 is 17.6 Å². The quantitative estimate of drug-likeness (QED) is 0.847. The third-order valence-corrected chi connectivity index (χ3v) is 3.40. The highest BCUT2D eigenvalue weighted by atomic mass is 16.5. The van der Waals surface area contributed by atoms with E-state index in [1.54, 1.807) is 25.1 Å². The molecule has 0 fully saturated rings. The number of carbonyl (C=O) groups excluding carboxylic acids is 2. The fourth-order valence-electron chi connectivity index (χ4n) is 2.23. The number of nitrogens with one attached hydrogen (secondary N) is 2. The van der Waals surface area contributed by atoms with E-state index in [-0.39, 0.29) is 11.1 Å². The Morgan fingerprint density at radius 3 is 2.57 bits per heavy atom. The van der Waals surface area contributed by atoms with Crippen molar-refractivity contribution in [1.29, 1.82) is 0 Å². The molecule has 1 heterocycles. The zero-order valence-electron chi connectivity index (χ0n) is 13.2. The number of rotatable bonds is 4. The second-order valence-corrected chi connectivity index (χ2v) is 5.07. The van der Waals surface area contributed by atoms with Gasteiger partial charge in [-0.1, -0.05) is 19.1 Å². The summed E-state index contributed by atoms with van der Waals surface area (Å²) >= 11 is 0. The largest absolute Gasteiger partial charge is 0.465 e. The van der Waals surface area contributed by atoms with E-state index in [0.717, 1.165) is 5.56 Å². The van der Waals surface area contributed by atoms with Gasteiger partial charge in [0.15, 0.2) is 0 Å². The summed E-state index contributed by atoms with van der Waals surface area (Å²) in [5, 5.41) is 2.65. The van der Waals surface area contributed by atoms with Crippen molar-refractivity contribution in [2.45, 2.75) is 20.3 Å². The van der Waals surface area contributed by atoms with Gasteiger partial charge in [-0.05, 0) is 37.1 Å². The highest BCUT2D eigenvalue weighted by Gasteiger charge is 2.19. The lowest BCUT2D eigenvalue weighted by atomic mass is 10.1. The molecule has 0 bridgehead atoms. The molecular weight excluding hydrogens is 296 g/mol. The van der Waals surface area contributed by atoms with Crippen LogP contribution in [0.5, 0.6) is 0 Å². The molecule has 6 heteroatoms. The van der Waals surface area contributed by atoms with Gasteiger partial charge in [0, 0.05) is 11.4 Å². The number of carbonyl (C=O) groups is 2. The van der Waals surface area contributed by atoms with Crippen molar-refractivity contribution in [1.82, 2.24) is 4.98 Å². The highest BCUT2D eigenvalue weighted by molar-refractivity contribution is 6.05. The average Bonchev–Trinajstić information content (AvgIpc) is 2.53. The highest BCUT2D eigenvalue weighted by Crippen LogP contribution is 2.13. The molecule has 0 aliphatic carbocycles. The summed E-state index contributed by atoms with van der Waals surface area (Å²) in [7, 11) is 1.25. The van der Waals surface area contributed by atoms with Crippen molar-refractivity contribution in [2.75, 3.05) is 12.4 Å². The van der Waals surface area contributed by atoms with Gasteiger partial charge < -0.3 is 15.0 Å². The van der Waals surface area contributed by atoms with E-state index in [9.17, 15) is 14.4 Å². The Morgan fingerprint density at radius 2 is 1.96 bits per heavy atom. The lowest BCUT2D eigenvalue weighted by Gasteiger charge is -2.09. The normalized spacial score (nSPS) is 10.2. The lowest BCUT2D eigenvalue weighted by molar-refractivity contribution is 0.0599. The van der Waals surface area contributed by atoms with Crippen molar-refractivity contribution in [3.05, 3.63) is 63.1 Å². The number of hydrogen-bond donors (Lipinski definition) is 2. The number of methoxy groups -OCH3 is 1. The van der Waals surface area contributed by atoms with Crippen LogP contribution in [0.25, 0.3) is 0 Å². The van der Waals surface area contributed by atoms with Crippen LogP contribution in [-0.2, 0) is 11.2 Å². The van der Waals surface area contributed by atoms with Crippen LogP contribution in [0, 0.1) is 6.92 Å². The van der Waals surface area contributed by atoms with Gasteiger partial charge in [0.1, 0.15) is 5.56 Å². The summed E-state index contributed by atoms with van der Waals surface area (Å²) in [6.45, 7) is 3.69. The summed E-state index contributed by atoms with van der Waals surface area (Å²) < 4.78 is 4.69. The predicted molar refractivity (Wildman–Crippen MR) is 86.9 cm³/mol. The second-order valence-electron chi connectivity index (χ2n) is 5.07. The Balaban J connectivity index is 2.40. The van der Waals surface area contributed by atoms with Crippen molar-refractivity contribution in [2.24, 2.45) is 0 Å². The van der Waals surface area contributed by atoms with E-state index in [0.29, 0.717) is 17.8 Å². The monoisotopic (exact) mass is 314 g/mol. The minimum absolute atomic E-state index is 0.135. The van der Waals surface area contributed by atoms with Crippen molar-refractivity contribution in [3.8, 4) is 0 Å². The number of aryl methyl sites for hydroxylation is 2. The van der Waals surface area contributed by atoms with Crippen LogP contribution in [-0.4, -0.2) is 24.0 Å². The molecule has 0 radical (unpaired) electrons. The van der Waals surface area contributed by atoms with Crippen LogP contribution in [0.15, 0.2) is 35.1 Å². The molecule has 2 rings (SSSR count). The molecule has 0 aliphatic rings. The van der Waals surface area contributed by atoms with Gasteiger partial charge in [0.25, 0.3) is 11.5 Å². The zero-order valence-corrected chi connectivity index (χ0v) is 13.2. The molecule has 0 saturated heterocycles. The average molecular weight is 314 g/mol. The maximum absolute atomic E-state index is 12.3. The lowest BCUT2D eigenvalue weighted by Crippen LogP contribution is -2.26. The molecule has 2 aromatic rings. The summed E-state index contributed by atoms with van der Waals surface area (Å²) in [5.41, 5.74) is 1.50. The first kappa shape index (κ1) is 16.5. The molecule has 2 N–H and O–H groups in total. The molecule has 1 aromatic heterocycles. The Morgan fingerprint density at radius 1 is 1.22 bits per heavy atom. The summed E-state index contributed by atoms with van der Waals surface area (Å²) in [6.07, 6.45) is 0.444. The van der Waals surface area contributed by atoms with Crippen LogP contribution in [0.3, 0.4) is 0 Å². The van der Waals surface area contributed by atoms with Gasteiger partial charge in [0.05, 0.1) is 12.7 Å². The standard InChI is InChI=1S/C17H18N2O4/c1-4-14-12(17(22)23-3)9-13(16(21)19-14)15(20)18-11-7-5-6-10(2)8-11/h5-9H,4H2,1-3H3,(H,18,20)(H,19,21). The topological polar surface area (TPSA) is 88.3 Å². The van der Waals surface area contributed by atoms with Gasteiger partial charge in [-0.25, -0.2) is 4.79 Å². The number of esters is 1. The molecule has 6 nitrogen and oxygen atoms in total. The molecule has 0 atom stereocenters. The first-order chi connectivity index (χ1) is 11.0. The van der Waals surface area contributed by atoms with Gasteiger partial charge in [0.2, 0.25) is 0 Å². The number of aromatic nitrogens is 1. The first-order valence-electron chi connectivity index (χ1n) is 7.18. The van der Waals surface area contributed by atoms with E-state index in [2.05, 4.69) is 10.3 Å². The maximum Gasteiger partial charge on any atom is 0.339 e. The van der Waals surface area contributed by atoms with E-state index in [4.69, 9.17) is 4.74 Å². The SMILES string of the molecule is CCc1[nH]c(=O)c(C(=O)Nc2cccc(C)c2)cc1C(=O)OC. The number of H-pyrrole nitrogens is 1. The number of hydrogen-bond acceptors (Lipinski definition) is 4. The number of amides is 1. The van der Waals surface area contributed by atoms with E-state index >= 15 is 0 Å². The zero-order chi connectivity index (χ0) is 17.0. The fraction of sp³-hybridized carbons (Fsp3) is 0.235. The van der Waals surface area contributed by atoms with Crippen LogP contribution in [0.2, 0.25) is 0 Å². The van der Waals surface area contributed by atoms with Crippen LogP contribution in [0.4, 0.5) is 5.69 Å². The molecular formula is C17H18N2O4.